The van der Waals surface area contributed by atoms with Crippen LogP contribution in [0, 0.1) is 5.82 Å². The van der Waals surface area contributed by atoms with Crippen molar-refractivity contribution in [1.82, 2.24) is 9.97 Å². The molecule has 1 heterocycles. The molecule has 140 valence electrons. The smallest absolute Gasteiger partial charge is 0.223 e. The van der Waals surface area contributed by atoms with Crippen molar-refractivity contribution in [2.45, 2.75) is 37.1 Å². The van der Waals surface area contributed by atoms with E-state index >= 15 is 0 Å². The van der Waals surface area contributed by atoms with E-state index in [1.807, 2.05) is 24.3 Å². The monoisotopic (exact) mass is 402 g/mol. The molecule has 0 spiro atoms. The van der Waals surface area contributed by atoms with Gasteiger partial charge in [0.05, 0.1) is 5.69 Å². The first-order valence-corrected chi connectivity index (χ1v) is 9.87. The number of aromatic nitrogens is 2. The van der Waals surface area contributed by atoms with Gasteiger partial charge in [-0.05, 0) is 23.8 Å². The van der Waals surface area contributed by atoms with Gasteiger partial charge >= 0.3 is 0 Å². The van der Waals surface area contributed by atoms with E-state index in [1.54, 1.807) is 18.2 Å². The lowest BCUT2D eigenvalue weighted by Crippen LogP contribution is -2.14. The Labute approximate surface area is 168 Å². The molecular weight excluding hydrogens is 383 g/mol. The van der Waals surface area contributed by atoms with Crippen LogP contribution in [0.15, 0.2) is 59.8 Å². The van der Waals surface area contributed by atoms with Crippen molar-refractivity contribution >= 4 is 23.4 Å². The minimum absolute atomic E-state index is 0.178. The van der Waals surface area contributed by atoms with Crippen molar-refractivity contribution in [3.05, 3.63) is 76.7 Å². The molecule has 0 aliphatic heterocycles. The number of hydrogen-bond donors (Lipinski definition) is 0. The number of hydrogen-bond acceptors (Lipinski definition) is 4. The van der Waals surface area contributed by atoms with Gasteiger partial charge in [-0.15, -0.1) is 0 Å². The van der Waals surface area contributed by atoms with Crippen LogP contribution in [-0.2, 0) is 11.2 Å². The van der Waals surface area contributed by atoms with Gasteiger partial charge in [0.25, 0.3) is 0 Å². The molecule has 0 bridgehead atoms. The van der Waals surface area contributed by atoms with Crippen molar-refractivity contribution in [1.29, 1.82) is 0 Å². The molecule has 6 heteroatoms. The Balaban J connectivity index is 1.87. The van der Waals surface area contributed by atoms with Crippen molar-refractivity contribution in [2.75, 3.05) is 0 Å². The van der Waals surface area contributed by atoms with E-state index in [2.05, 4.69) is 30.7 Å². The molecule has 0 radical (unpaired) electrons. The van der Waals surface area contributed by atoms with Crippen LogP contribution in [0.5, 0.6) is 11.6 Å². The summed E-state index contributed by atoms with van der Waals surface area (Å²) in [5.41, 5.74) is 1.69. The second kappa shape index (κ2) is 8.28. The Morgan fingerprint density at radius 3 is 2.52 bits per heavy atom. The van der Waals surface area contributed by atoms with Gasteiger partial charge in [-0.2, -0.15) is 4.98 Å². The number of ether oxygens (including phenoxy) is 1. The minimum atomic E-state index is -0.356. The highest BCUT2D eigenvalue weighted by Crippen LogP contribution is 2.31. The maximum absolute atomic E-state index is 13.4. The summed E-state index contributed by atoms with van der Waals surface area (Å²) in [6.45, 7) is 6.22. The van der Waals surface area contributed by atoms with Crippen LogP contribution in [0.3, 0.4) is 0 Å². The molecule has 0 saturated heterocycles. The topological polar surface area (TPSA) is 35.0 Å². The maximum atomic E-state index is 13.4. The molecule has 3 aromatic rings. The van der Waals surface area contributed by atoms with Gasteiger partial charge < -0.3 is 4.74 Å². The molecule has 0 unspecified atom stereocenters. The van der Waals surface area contributed by atoms with Crippen LogP contribution in [0.1, 0.15) is 32.0 Å². The molecule has 3 nitrogen and oxygen atoms in total. The van der Waals surface area contributed by atoms with Crippen molar-refractivity contribution in [3.63, 3.8) is 0 Å². The molecule has 2 aromatic carbocycles. The van der Waals surface area contributed by atoms with Crippen LogP contribution in [-0.4, -0.2) is 9.97 Å². The maximum Gasteiger partial charge on any atom is 0.223 e. The van der Waals surface area contributed by atoms with Crippen LogP contribution in [0.2, 0.25) is 5.02 Å². The summed E-state index contributed by atoms with van der Waals surface area (Å²) in [5.74, 6) is 1.08. The second-order valence-electron chi connectivity index (χ2n) is 7.06. The van der Waals surface area contributed by atoms with Gasteiger partial charge in [-0.3, -0.25) is 0 Å². The number of nitrogens with zero attached hydrogens (tertiary/aromatic N) is 2. The first-order chi connectivity index (χ1) is 12.8. The van der Waals surface area contributed by atoms with Gasteiger partial charge in [0, 0.05) is 28.3 Å². The third-order valence-electron chi connectivity index (χ3n) is 3.78. The third-order valence-corrected chi connectivity index (χ3v) is 5.05. The second-order valence-corrected chi connectivity index (χ2v) is 8.41. The SMILES string of the molecule is CC(C)(C)c1cc(Oc2cccc(F)c2)nc(SCc2ccccc2Cl)n1. The highest BCUT2D eigenvalue weighted by molar-refractivity contribution is 7.98. The summed E-state index contributed by atoms with van der Waals surface area (Å²) in [6, 6.07) is 15.5. The quantitative estimate of drug-likeness (QED) is 0.353. The van der Waals surface area contributed by atoms with Crippen molar-refractivity contribution < 1.29 is 9.13 Å². The normalized spacial score (nSPS) is 11.4. The van der Waals surface area contributed by atoms with Crippen molar-refractivity contribution in [2.24, 2.45) is 0 Å². The van der Waals surface area contributed by atoms with Gasteiger partial charge in [0.1, 0.15) is 11.6 Å². The fourth-order valence-corrected chi connectivity index (χ4v) is 3.45. The van der Waals surface area contributed by atoms with E-state index in [1.165, 1.54) is 23.9 Å². The summed E-state index contributed by atoms with van der Waals surface area (Å²) in [6.07, 6.45) is 0. The van der Waals surface area contributed by atoms with E-state index in [4.69, 9.17) is 16.3 Å². The first-order valence-electron chi connectivity index (χ1n) is 8.50. The largest absolute Gasteiger partial charge is 0.439 e. The summed E-state index contributed by atoms with van der Waals surface area (Å²) in [5, 5.41) is 1.31. The molecule has 0 aliphatic rings. The molecule has 1 aromatic heterocycles. The molecule has 0 fully saturated rings. The van der Waals surface area contributed by atoms with E-state index in [0.717, 1.165) is 11.3 Å². The zero-order chi connectivity index (χ0) is 19.4. The Morgan fingerprint density at radius 1 is 1.04 bits per heavy atom. The van der Waals surface area contributed by atoms with Crippen molar-refractivity contribution in [3.8, 4) is 11.6 Å². The lowest BCUT2D eigenvalue weighted by Gasteiger charge is -2.19. The Hall–Kier alpha value is -2.11. The van der Waals surface area contributed by atoms with Crippen LogP contribution in [0.4, 0.5) is 4.39 Å². The Bertz CT molecular complexity index is 943. The van der Waals surface area contributed by atoms with Crippen LogP contribution >= 0.6 is 23.4 Å². The lowest BCUT2D eigenvalue weighted by atomic mass is 9.92. The van der Waals surface area contributed by atoms with Gasteiger partial charge in [-0.1, -0.05) is 68.4 Å². The summed E-state index contributed by atoms with van der Waals surface area (Å²) in [7, 11) is 0. The van der Waals surface area contributed by atoms with Gasteiger partial charge in [0.2, 0.25) is 5.88 Å². The van der Waals surface area contributed by atoms with E-state index in [-0.39, 0.29) is 11.2 Å². The summed E-state index contributed by atoms with van der Waals surface area (Å²) < 4.78 is 19.2. The number of benzene rings is 2. The minimum Gasteiger partial charge on any atom is -0.439 e. The Kier molecular flexibility index (Phi) is 6.02. The fourth-order valence-electron chi connectivity index (χ4n) is 2.31. The lowest BCUT2D eigenvalue weighted by molar-refractivity contribution is 0.443. The highest BCUT2D eigenvalue weighted by Gasteiger charge is 2.19. The van der Waals surface area contributed by atoms with E-state index in [9.17, 15) is 4.39 Å². The molecule has 0 aliphatic carbocycles. The molecule has 27 heavy (non-hydrogen) atoms. The fraction of sp³-hybridized carbons (Fsp3) is 0.238. The number of thioether (sulfide) groups is 1. The first kappa shape index (κ1) is 19.6. The molecule has 0 atom stereocenters. The zero-order valence-electron chi connectivity index (χ0n) is 15.4. The number of rotatable bonds is 5. The molecule has 3 rings (SSSR count). The summed E-state index contributed by atoms with van der Waals surface area (Å²) >= 11 is 7.72. The molecule has 0 amide bonds. The highest BCUT2D eigenvalue weighted by atomic mass is 35.5. The molecule has 0 saturated carbocycles. The molecule has 0 N–H and O–H groups in total. The third kappa shape index (κ3) is 5.44. The number of halogens is 2. The van der Waals surface area contributed by atoms with E-state index in [0.29, 0.717) is 27.6 Å². The zero-order valence-corrected chi connectivity index (χ0v) is 16.9. The van der Waals surface area contributed by atoms with Crippen LogP contribution in [0.25, 0.3) is 0 Å². The predicted octanol–water partition coefficient (Wildman–Crippen LogP) is 6.65. The standard InChI is InChI=1S/C21H20ClFN2OS/c1-21(2,3)18-12-19(26-16-9-6-8-15(23)11-16)25-20(24-18)27-13-14-7-4-5-10-17(14)22/h4-12H,13H2,1-3H3. The average molecular weight is 403 g/mol. The molecular formula is C21H20ClFN2OS. The van der Waals surface area contributed by atoms with Gasteiger partial charge in [0.15, 0.2) is 5.16 Å². The van der Waals surface area contributed by atoms with Gasteiger partial charge in [-0.25, -0.2) is 9.37 Å². The van der Waals surface area contributed by atoms with E-state index < -0.39 is 0 Å². The predicted molar refractivity (Wildman–Crippen MR) is 108 cm³/mol. The Morgan fingerprint density at radius 2 is 1.81 bits per heavy atom. The average Bonchev–Trinajstić information content (AvgIpc) is 2.60. The van der Waals surface area contributed by atoms with Crippen LogP contribution < -0.4 is 4.74 Å². The summed E-state index contributed by atoms with van der Waals surface area (Å²) in [4.78, 5) is 9.14.